The van der Waals surface area contributed by atoms with Crippen molar-refractivity contribution in [1.29, 1.82) is 0 Å². The van der Waals surface area contributed by atoms with E-state index in [0.29, 0.717) is 11.6 Å². The van der Waals surface area contributed by atoms with Gasteiger partial charge in [-0.15, -0.1) is 0 Å². The quantitative estimate of drug-likeness (QED) is 0.806. The van der Waals surface area contributed by atoms with Crippen molar-refractivity contribution >= 4 is 23.5 Å². The van der Waals surface area contributed by atoms with Gasteiger partial charge in [-0.25, -0.2) is 4.98 Å². The molecule has 1 amide bonds. The van der Waals surface area contributed by atoms with Crippen molar-refractivity contribution < 1.29 is 19.4 Å². The Bertz CT molecular complexity index is 532. The Morgan fingerprint density at radius 3 is 2.71 bits per heavy atom. The highest BCUT2D eigenvalue weighted by Gasteiger charge is 2.24. The standard InChI is InChI=1S/C14H19ClN2O4/c1-4-21-13-10(5-9(15)7-16-13)12(20)17-8-14(2,3)6-11(18)19/h5,7H,4,6,8H2,1-3H3,(H,17,20)(H,18,19). The maximum absolute atomic E-state index is 12.2. The highest BCUT2D eigenvalue weighted by atomic mass is 35.5. The largest absolute Gasteiger partial charge is 0.481 e. The molecule has 7 heteroatoms. The molecule has 0 unspecified atom stereocenters. The van der Waals surface area contributed by atoms with Gasteiger partial charge in [-0.05, 0) is 18.4 Å². The predicted molar refractivity (Wildman–Crippen MR) is 78.8 cm³/mol. The van der Waals surface area contributed by atoms with E-state index >= 15 is 0 Å². The molecule has 0 spiro atoms. The van der Waals surface area contributed by atoms with E-state index in [1.807, 2.05) is 0 Å². The van der Waals surface area contributed by atoms with Crippen LogP contribution in [0.4, 0.5) is 0 Å². The van der Waals surface area contributed by atoms with Gasteiger partial charge in [-0.2, -0.15) is 0 Å². The summed E-state index contributed by atoms with van der Waals surface area (Å²) in [6, 6.07) is 1.47. The van der Waals surface area contributed by atoms with Gasteiger partial charge in [-0.3, -0.25) is 9.59 Å². The molecule has 0 saturated heterocycles. The van der Waals surface area contributed by atoms with Gasteiger partial charge in [0.05, 0.1) is 18.1 Å². The minimum Gasteiger partial charge on any atom is -0.481 e. The molecule has 0 atom stereocenters. The monoisotopic (exact) mass is 314 g/mol. The van der Waals surface area contributed by atoms with E-state index in [2.05, 4.69) is 10.3 Å². The molecule has 1 rings (SSSR count). The SMILES string of the molecule is CCOc1ncc(Cl)cc1C(=O)NCC(C)(C)CC(=O)O. The highest BCUT2D eigenvalue weighted by Crippen LogP contribution is 2.22. The lowest BCUT2D eigenvalue weighted by atomic mass is 9.89. The van der Waals surface area contributed by atoms with Crippen molar-refractivity contribution in [3.63, 3.8) is 0 Å². The molecule has 0 saturated carbocycles. The Kier molecular flexibility index (Phi) is 5.96. The highest BCUT2D eigenvalue weighted by molar-refractivity contribution is 6.30. The molecule has 2 N–H and O–H groups in total. The number of nitrogens with one attached hydrogen (secondary N) is 1. The van der Waals surface area contributed by atoms with E-state index < -0.39 is 17.3 Å². The van der Waals surface area contributed by atoms with Crippen LogP contribution in [0.5, 0.6) is 5.88 Å². The Morgan fingerprint density at radius 2 is 2.14 bits per heavy atom. The van der Waals surface area contributed by atoms with Gasteiger partial charge in [0.25, 0.3) is 5.91 Å². The van der Waals surface area contributed by atoms with Gasteiger partial charge in [0.1, 0.15) is 5.56 Å². The van der Waals surface area contributed by atoms with Crippen LogP contribution in [0.1, 0.15) is 37.6 Å². The smallest absolute Gasteiger partial charge is 0.303 e. The summed E-state index contributed by atoms with van der Waals surface area (Å²) in [7, 11) is 0. The zero-order valence-electron chi connectivity index (χ0n) is 12.3. The number of carbonyl (C=O) groups is 2. The van der Waals surface area contributed by atoms with Crippen molar-refractivity contribution in [2.24, 2.45) is 5.41 Å². The fraction of sp³-hybridized carbons (Fsp3) is 0.500. The molecule has 21 heavy (non-hydrogen) atoms. The van der Waals surface area contributed by atoms with Crippen molar-refractivity contribution in [3.8, 4) is 5.88 Å². The second kappa shape index (κ2) is 7.26. The lowest BCUT2D eigenvalue weighted by Gasteiger charge is -2.22. The maximum atomic E-state index is 12.2. The first-order chi connectivity index (χ1) is 9.75. The number of hydrogen-bond acceptors (Lipinski definition) is 4. The van der Waals surface area contributed by atoms with Crippen LogP contribution in [0.3, 0.4) is 0 Å². The van der Waals surface area contributed by atoms with Crippen LogP contribution < -0.4 is 10.1 Å². The molecule has 0 aliphatic rings. The van der Waals surface area contributed by atoms with Gasteiger partial charge in [0, 0.05) is 12.7 Å². The van der Waals surface area contributed by atoms with Crippen LogP contribution >= 0.6 is 11.6 Å². The van der Waals surface area contributed by atoms with Crippen LogP contribution in [0.15, 0.2) is 12.3 Å². The number of aromatic nitrogens is 1. The summed E-state index contributed by atoms with van der Waals surface area (Å²) in [5.41, 5.74) is -0.324. The minimum atomic E-state index is -0.909. The average Bonchev–Trinajstić information content (AvgIpc) is 2.37. The van der Waals surface area contributed by atoms with E-state index in [-0.39, 0.29) is 24.4 Å². The zero-order chi connectivity index (χ0) is 16.0. The first kappa shape index (κ1) is 17.2. The summed E-state index contributed by atoms with van der Waals surface area (Å²) in [6.07, 6.45) is 1.36. The number of carboxylic acid groups (broad SMARTS) is 1. The normalized spacial score (nSPS) is 11.0. The molecule has 1 aromatic rings. The molecule has 1 aromatic heterocycles. The third-order valence-electron chi connectivity index (χ3n) is 2.70. The number of carbonyl (C=O) groups excluding carboxylic acids is 1. The average molecular weight is 315 g/mol. The van der Waals surface area contributed by atoms with Gasteiger partial charge in [0.15, 0.2) is 0 Å². The van der Waals surface area contributed by atoms with Gasteiger partial charge in [0.2, 0.25) is 5.88 Å². The molecule has 0 fully saturated rings. The minimum absolute atomic E-state index is 0.0423. The summed E-state index contributed by atoms with van der Waals surface area (Å²) in [6.45, 7) is 5.91. The molecule has 6 nitrogen and oxygen atoms in total. The van der Waals surface area contributed by atoms with Crippen molar-refractivity contribution in [1.82, 2.24) is 10.3 Å². The van der Waals surface area contributed by atoms with E-state index in [1.165, 1.54) is 12.3 Å². The van der Waals surface area contributed by atoms with Crippen LogP contribution in [0.25, 0.3) is 0 Å². The van der Waals surface area contributed by atoms with Gasteiger partial charge in [-0.1, -0.05) is 25.4 Å². The van der Waals surface area contributed by atoms with E-state index in [4.69, 9.17) is 21.4 Å². The summed E-state index contributed by atoms with van der Waals surface area (Å²) >= 11 is 5.84. The maximum Gasteiger partial charge on any atom is 0.303 e. The third-order valence-corrected chi connectivity index (χ3v) is 2.91. The number of hydrogen-bond donors (Lipinski definition) is 2. The molecule has 1 heterocycles. The van der Waals surface area contributed by atoms with E-state index in [9.17, 15) is 9.59 Å². The lowest BCUT2D eigenvalue weighted by molar-refractivity contribution is -0.139. The number of halogens is 1. The van der Waals surface area contributed by atoms with E-state index in [0.717, 1.165) is 0 Å². The molecule has 0 aliphatic heterocycles. The third kappa shape index (κ3) is 5.59. The number of aliphatic carboxylic acids is 1. The van der Waals surface area contributed by atoms with Crippen LogP contribution in [0, 0.1) is 5.41 Å². The Morgan fingerprint density at radius 1 is 1.48 bits per heavy atom. The first-order valence-corrected chi connectivity index (χ1v) is 6.91. The van der Waals surface area contributed by atoms with Crippen molar-refractivity contribution in [3.05, 3.63) is 22.8 Å². The number of rotatable bonds is 7. The first-order valence-electron chi connectivity index (χ1n) is 6.53. The zero-order valence-corrected chi connectivity index (χ0v) is 13.0. The Balaban J connectivity index is 2.80. The summed E-state index contributed by atoms with van der Waals surface area (Å²) in [5.74, 6) is -1.10. The molecule has 0 bridgehead atoms. The fourth-order valence-electron chi connectivity index (χ4n) is 1.73. The summed E-state index contributed by atoms with van der Waals surface area (Å²) in [5, 5.41) is 11.8. The second-order valence-electron chi connectivity index (χ2n) is 5.36. The summed E-state index contributed by atoms with van der Waals surface area (Å²) in [4.78, 5) is 26.9. The molecule has 0 radical (unpaired) electrons. The number of pyridine rings is 1. The Labute approximate surface area is 128 Å². The Hall–Kier alpha value is -1.82. The fourth-order valence-corrected chi connectivity index (χ4v) is 1.89. The van der Waals surface area contributed by atoms with Crippen LogP contribution in [0.2, 0.25) is 5.02 Å². The van der Waals surface area contributed by atoms with E-state index in [1.54, 1.807) is 20.8 Å². The lowest BCUT2D eigenvalue weighted by Crippen LogP contribution is -2.35. The topological polar surface area (TPSA) is 88.5 Å². The van der Waals surface area contributed by atoms with Crippen LogP contribution in [-0.4, -0.2) is 35.1 Å². The van der Waals surface area contributed by atoms with Gasteiger partial charge < -0.3 is 15.2 Å². The molecule has 116 valence electrons. The molecular formula is C14H19ClN2O4. The molecular weight excluding hydrogens is 296 g/mol. The van der Waals surface area contributed by atoms with Crippen molar-refractivity contribution in [2.45, 2.75) is 27.2 Å². The molecule has 0 aliphatic carbocycles. The van der Waals surface area contributed by atoms with Crippen LogP contribution in [-0.2, 0) is 4.79 Å². The van der Waals surface area contributed by atoms with Crippen molar-refractivity contribution in [2.75, 3.05) is 13.2 Å². The number of amides is 1. The number of carboxylic acids is 1. The summed E-state index contributed by atoms with van der Waals surface area (Å²) < 4.78 is 5.28. The number of nitrogens with zero attached hydrogens (tertiary/aromatic N) is 1. The number of ether oxygens (including phenoxy) is 1. The molecule has 0 aromatic carbocycles. The van der Waals surface area contributed by atoms with Gasteiger partial charge >= 0.3 is 5.97 Å². The predicted octanol–water partition coefficient (Wildman–Crippen LogP) is 2.36. The second-order valence-corrected chi connectivity index (χ2v) is 5.79.